The maximum atomic E-state index is 11.8. The Labute approximate surface area is 99.7 Å². The van der Waals surface area contributed by atoms with Gasteiger partial charge < -0.3 is 5.73 Å². The lowest BCUT2D eigenvalue weighted by Gasteiger charge is -2.11. The lowest BCUT2D eigenvalue weighted by atomic mass is 10.1. The molecule has 88 valence electrons. The number of pyridine rings is 1. The Morgan fingerprint density at radius 1 is 1.56 bits per heavy atom. The van der Waals surface area contributed by atoms with Gasteiger partial charge in [-0.25, -0.2) is 13.4 Å². The summed E-state index contributed by atoms with van der Waals surface area (Å²) in [6.07, 6.45) is 2.91. The van der Waals surface area contributed by atoms with Crippen LogP contribution in [0, 0.1) is 0 Å². The smallest absolute Gasteiger partial charge is 0.157 e. The van der Waals surface area contributed by atoms with Gasteiger partial charge in [0, 0.05) is 18.3 Å². The second kappa shape index (κ2) is 4.31. The summed E-state index contributed by atoms with van der Waals surface area (Å²) < 4.78 is 23.5. The molecule has 0 saturated carbocycles. The van der Waals surface area contributed by atoms with E-state index in [9.17, 15) is 8.42 Å². The van der Waals surface area contributed by atoms with Crippen LogP contribution in [0.25, 0.3) is 0 Å². The number of nitrogens with zero attached hydrogens (tertiary/aromatic N) is 1. The van der Waals surface area contributed by atoms with Gasteiger partial charge >= 0.3 is 0 Å². The first-order chi connectivity index (χ1) is 7.54. The number of aromatic nitrogens is 1. The average Bonchev–Trinajstić information content (AvgIpc) is 2.59. The van der Waals surface area contributed by atoms with Crippen molar-refractivity contribution in [2.24, 2.45) is 5.73 Å². The third kappa shape index (κ3) is 2.07. The molecule has 1 aromatic rings. The molecule has 0 aromatic carbocycles. The molecule has 0 aliphatic carbocycles. The fourth-order valence-corrected chi connectivity index (χ4v) is 4.10. The Morgan fingerprint density at radius 3 is 2.88 bits per heavy atom. The van der Waals surface area contributed by atoms with Crippen LogP contribution in [-0.2, 0) is 16.4 Å². The summed E-state index contributed by atoms with van der Waals surface area (Å²) >= 11 is 5.83. The van der Waals surface area contributed by atoms with Gasteiger partial charge in [0.05, 0.1) is 11.0 Å². The summed E-state index contributed by atoms with van der Waals surface area (Å²) in [6, 6.07) is 1.75. The minimum Gasteiger partial charge on any atom is -0.326 e. The fourth-order valence-electron chi connectivity index (χ4n) is 2.00. The van der Waals surface area contributed by atoms with E-state index >= 15 is 0 Å². The van der Waals surface area contributed by atoms with Crippen LogP contribution < -0.4 is 5.73 Å². The summed E-state index contributed by atoms with van der Waals surface area (Å²) in [6.45, 7) is 0.270. The second-order valence-corrected chi connectivity index (χ2v) is 6.58. The number of halogens is 1. The van der Waals surface area contributed by atoms with Crippen molar-refractivity contribution in [1.29, 1.82) is 0 Å². The zero-order valence-electron chi connectivity index (χ0n) is 8.69. The summed E-state index contributed by atoms with van der Waals surface area (Å²) in [4.78, 5) is 3.98. The standard InChI is InChI=1S/C10H13ClN2O2S/c11-10-7(5-12)4-8(6-13-10)9-2-1-3-16(9,14)15/h4,6,9H,1-3,5,12H2. The summed E-state index contributed by atoms with van der Waals surface area (Å²) in [5.74, 6) is 0.262. The first-order valence-electron chi connectivity index (χ1n) is 5.10. The fraction of sp³-hybridized carbons (Fsp3) is 0.500. The SMILES string of the molecule is NCc1cc(C2CCCS2(=O)=O)cnc1Cl. The Kier molecular flexibility index (Phi) is 3.19. The first-order valence-corrected chi connectivity index (χ1v) is 7.20. The molecule has 0 radical (unpaired) electrons. The van der Waals surface area contributed by atoms with E-state index in [2.05, 4.69) is 4.98 Å². The maximum Gasteiger partial charge on any atom is 0.157 e. The van der Waals surface area contributed by atoms with E-state index in [1.165, 1.54) is 6.20 Å². The van der Waals surface area contributed by atoms with Crippen molar-refractivity contribution in [3.8, 4) is 0 Å². The van der Waals surface area contributed by atoms with Crippen molar-refractivity contribution in [2.75, 3.05) is 5.75 Å². The molecule has 4 nitrogen and oxygen atoms in total. The molecule has 16 heavy (non-hydrogen) atoms. The molecule has 6 heteroatoms. The van der Waals surface area contributed by atoms with Crippen molar-refractivity contribution >= 4 is 21.4 Å². The van der Waals surface area contributed by atoms with Crippen LogP contribution in [0.3, 0.4) is 0 Å². The van der Waals surface area contributed by atoms with Gasteiger partial charge in [-0.1, -0.05) is 11.6 Å². The second-order valence-electron chi connectivity index (χ2n) is 3.92. The summed E-state index contributed by atoms with van der Waals surface area (Å²) in [5, 5.41) is -0.0794. The molecule has 0 spiro atoms. The van der Waals surface area contributed by atoms with Crippen LogP contribution in [0.1, 0.15) is 29.2 Å². The molecule has 2 N–H and O–H groups in total. The van der Waals surface area contributed by atoms with Crippen LogP contribution in [0.2, 0.25) is 5.15 Å². The van der Waals surface area contributed by atoms with Crippen molar-refractivity contribution in [3.05, 3.63) is 28.5 Å². The van der Waals surface area contributed by atoms with Crippen molar-refractivity contribution in [2.45, 2.75) is 24.6 Å². The molecule has 1 aliphatic rings. The lowest BCUT2D eigenvalue weighted by Crippen LogP contribution is -2.09. The van der Waals surface area contributed by atoms with Gasteiger partial charge in [-0.15, -0.1) is 0 Å². The number of rotatable bonds is 2. The van der Waals surface area contributed by atoms with Gasteiger partial charge in [-0.05, 0) is 24.5 Å². The van der Waals surface area contributed by atoms with Crippen LogP contribution in [0.15, 0.2) is 12.3 Å². The average molecular weight is 261 g/mol. The highest BCUT2D eigenvalue weighted by Crippen LogP contribution is 2.35. The van der Waals surface area contributed by atoms with Crippen LogP contribution in [-0.4, -0.2) is 19.2 Å². The Morgan fingerprint density at radius 2 is 2.31 bits per heavy atom. The summed E-state index contributed by atoms with van der Waals surface area (Å²) in [7, 11) is -3.00. The predicted octanol–water partition coefficient (Wildman–Crippen LogP) is 1.44. The van der Waals surface area contributed by atoms with Crippen molar-refractivity contribution < 1.29 is 8.42 Å². The van der Waals surface area contributed by atoms with E-state index < -0.39 is 15.1 Å². The van der Waals surface area contributed by atoms with Gasteiger partial charge in [0.25, 0.3) is 0 Å². The topological polar surface area (TPSA) is 73.1 Å². The van der Waals surface area contributed by atoms with Gasteiger partial charge in [0.2, 0.25) is 0 Å². The normalized spacial score (nSPS) is 23.5. The maximum absolute atomic E-state index is 11.8. The van der Waals surface area contributed by atoms with Crippen LogP contribution >= 0.6 is 11.6 Å². The highest BCUT2D eigenvalue weighted by molar-refractivity contribution is 7.91. The van der Waals surface area contributed by atoms with E-state index in [0.717, 1.165) is 0 Å². The minimum absolute atomic E-state index is 0.262. The Balaban J connectivity index is 2.41. The van der Waals surface area contributed by atoms with Crippen LogP contribution in [0.4, 0.5) is 0 Å². The van der Waals surface area contributed by atoms with Gasteiger partial charge in [0.15, 0.2) is 9.84 Å². The zero-order valence-corrected chi connectivity index (χ0v) is 10.3. The van der Waals surface area contributed by atoms with E-state index in [1.807, 2.05) is 0 Å². The molecule has 1 unspecified atom stereocenters. The molecule has 2 rings (SSSR count). The van der Waals surface area contributed by atoms with E-state index in [1.54, 1.807) is 6.07 Å². The molecule has 1 atom stereocenters. The molecule has 1 aliphatic heterocycles. The molecule has 1 saturated heterocycles. The number of hydrogen-bond acceptors (Lipinski definition) is 4. The number of sulfone groups is 1. The van der Waals surface area contributed by atoms with E-state index in [-0.39, 0.29) is 12.3 Å². The molecular formula is C10H13ClN2O2S. The molecule has 1 fully saturated rings. The van der Waals surface area contributed by atoms with Crippen molar-refractivity contribution in [1.82, 2.24) is 4.98 Å². The van der Waals surface area contributed by atoms with E-state index in [4.69, 9.17) is 17.3 Å². The molecule has 2 heterocycles. The van der Waals surface area contributed by atoms with Gasteiger partial charge in [0.1, 0.15) is 5.15 Å². The number of nitrogens with two attached hydrogens (primary N) is 1. The molecule has 1 aromatic heterocycles. The zero-order chi connectivity index (χ0) is 11.8. The summed E-state index contributed by atoms with van der Waals surface area (Å²) in [5.41, 5.74) is 6.92. The minimum atomic E-state index is -3.00. The lowest BCUT2D eigenvalue weighted by molar-refractivity contribution is 0.592. The third-order valence-corrected chi connectivity index (χ3v) is 5.43. The Bertz CT molecular complexity index is 502. The molecule has 0 amide bonds. The highest BCUT2D eigenvalue weighted by atomic mass is 35.5. The van der Waals surface area contributed by atoms with Gasteiger partial charge in [-0.2, -0.15) is 0 Å². The Hall–Kier alpha value is -0.650. The third-order valence-electron chi connectivity index (χ3n) is 2.85. The highest BCUT2D eigenvalue weighted by Gasteiger charge is 2.33. The monoisotopic (exact) mass is 260 g/mol. The van der Waals surface area contributed by atoms with Gasteiger partial charge in [-0.3, -0.25) is 0 Å². The van der Waals surface area contributed by atoms with Crippen molar-refractivity contribution in [3.63, 3.8) is 0 Å². The first kappa shape index (κ1) is 11.8. The predicted molar refractivity (Wildman–Crippen MR) is 62.9 cm³/mol. The number of hydrogen-bond donors (Lipinski definition) is 1. The molecular weight excluding hydrogens is 248 g/mol. The largest absolute Gasteiger partial charge is 0.326 e. The van der Waals surface area contributed by atoms with E-state index in [0.29, 0.717) is 29.1 Å². The quantitative estimate of drug-likeness (QED) is 0.817. The van der Waals surface area contributed by atoms with Crippen LogP contribution in [0.5, 0.6) is 0 Å². The molecule has 0 bridgehead atoms.